The van der Waals surface area contributed by atoms with Crippen LogP contribution >= 0.6 is 15.9 Å². The Morgan fingerprint density at radius 3 is 2.66 bits per heavy atom. The fourth-order valence-corrected chi connectivity index (χ4v) is 4.39. The van der Waals surface area contributed by atoms with Gasteiger partial charge in [0.15, 0.2) is 0 Å². The lowest BCUT2D eigenvalue weighted by Crippen LogP contribution is -2.17. The molecule has 5 nitrogen and oxygen atoms in total. The van der Waals surface area contributed by atoms with E-state index in [9.17, 15) is 5.26 Å². The number of aromatic nitrogens is 1. The number of nitrogen functional groups attached to an aromatic ring is 2. The van der Waals surface area contributed by atoms with Gasteiger partial charge in [-0.2, -0.15) is 10.2 Å². The fraction of sp³-hybridized carbons (Fsp3) is 0.0435. The van der Waals surface area contributed by atoms with Crippen LogP contribution in [0.25, 0.3) is 10.8 Å². The number of halogens is 1. The Morgan fingerprint density at radius 1 is 1.03 bits per heavy atom. The van der Waals surface area contributed by atoms with E-state index >= 15 is 0 Å². The fourth-order valence-electron chi connectivity index (χ4n) is 3.97. The van der Waals surface area contributed by atoms with E-state index in [0.29, 0.717) is 17.1 Å². The number of hydrogen-bond donors (Lipinski definition) is 2. The Kier molecular flexibility index (Phi) is 3.93. The number of pyridine rings is 1. The summed E-state index contributed by atoms with van der Waals surface area (Å²) < 4.78 is 7.19. The molecule has 4 aromatic rings. The van der Waals surface area contributed by atoms with E-state index < -0.39 is 0 Å². The molecule has 6 heteroatoms. The third kappa shape index (κ3) is 2.63. The summed E-state index contributed by atoms with van der Waals surface area (Å²) in [6, 6.07) is 22.2. The SMILES string of the molecule is N#Cc1c(N)nc2c(c1N)C(c1cccc(Br)c1)c1ccc3ccccc3c1O2. The smallest absolute Gasteiger partial charge is 0.227 e. The zero-order chi connectivity index (χ0) is 20.1. The molecule has 1 unspecified atom stereocenters. The Morgan fingerprint density at radius 2 is 1.86 bits per heavy atom. The van der Waals surface area contributed by atoms with Crippen molar-refractivity contribution in [1.29, 1.82) is 5.26 Å². The van der Waals surface area contributed by atoms with Crippen molar-refractivity contribution in [2.75, 3.05) is 11.5 Å². The van der Waals surface area contributed by atoms with Crippen LogP contribution in [-0.4, -0.2) is 4.98 Å². The first-order valence-electron chi connectivity index (χ1n) is 9.02. The monoisotopic (exact) mass is 442 g/mol. The molecule has 0 aliphatic carbocycles. The molecule has 0 bridgehead atoms. The first-order chi connectivity index (χ1) is 14.1. The molecule has 1 aromatic heterocycles. The maximum Gasteiger partial charge on any atom is 0.227 e. The van der Waals surface area contributed by atoms with Gasteiger partial charge in [-0.25, -0.2) is 0 Å². The van der Waals surface area contributed by atoms with E-state index in [2.05, 4.69) is 33.0 Å². The second-order valence-electron chi connectivity index (χ2n) is 6.91. The summed E-state index contributed by atoms with van der Waals surface area (Å²) in [4.78, 5) is 4.39. The second-order valence-corrected chi connectivity index (χ2v) is 7.83. The number of nitriles is 1. The van der Waals surface area contributed by atoms with E-state index in [0.717, 1.165) is 32.1 Å². The maximum atomic E-state index is 9.54. The van der Waals surface area contributed by atoms with Gasteiger partial charge in [-0.1, -0.05) is 64.5 Å². The van der Waals surface area contributed by atoms with Crippen molar-refractivity contribution in [1.82, 2.24) is 4.98 Å². The molecule has 2 heterocycles. The molecule has 0 amide bonds. The molecule has 29 heavy (non-hydrogen) atoms. The van der Waals surface area contributed by atoms with Crippen molar-refractivity contribution in [3.05, 3.63) is 87.4 Å². The molecule has 140 valence electrons. The van der Waals surface area contributed by atoms with Gasteiger partial charge in [0, 0.05) is 21.3 Å². The summed E-state index contributed by atoms with van der Waals surface area (Å²) in [7, 11) is 0. The van der Waals surface area contributed by atoms with Crippen molar-refractivity contribution in [3.63, 3.8) is 0 Å². The summed E-state index contributed by atoms with van der Waals surface area (Å²) in [6.07, 6.45) is 0. The number of nitrogens with two attached hydrogens (primary N) is 2. The number of ether oxygens (including phenoxy) is 1. The van der Waals surface area contributed by atoms with Gasteiger partial charge in [0.1, 0.15) is 23.2 Å². The zero-order valence-electron chi connectivity index (χ0n) is 15.2. The Labute approximate surface area is 175 Å². The highest BCUT2D eigenvalue weighted by Crippen LogP contribution is 2.52. The topological polar surface area (TPSA) is 98.0 Å². The number of anilines is 2. The molecule has 0 fully saturated rings. The molecule has 1 aliphatic rings. The van der Waals surface area contributed by atoms with Crippen LogP contribution in [0.3, 0.4) is 0 Å². The lowest BCUT2D eigenvalue weighted by molar-refractivity contribution is 0.440. The molecule has 0 spiro atoms. The average Bonchev–Trinajstić information content (AvgIpc) is 2.72. The van der Waals surface area contributed by atoms with Gasteiger partial charge in [0.05, 0.1) is 11.3 Å². The summed E-state index contributed by atoms with van der Waals surface area (Å²) in [5, 5.41) is 11.6. The molecular weight excluding hydrogens is 428 g/mol. The van der Waals surface area contributed by atoms with Crippen LogP contribution in [0.15, 0.2) is 65.1 Å². The molecule has 0 saturated carbocycles. The van der Waals surface area contributed by atoms with Crippen molar-refractivity contribution < 1.29 is 4.74 Å². The summed E-state index contributed by atoms with van der Waals surface area (Å²) >= 11 is 3.56. The first kappa shape index (κ1) is 17.5. The van der Waals surface area contributed by atoms with Gasteiger partial charge in [-0.05, 0) is 23.1 Å². The minimum absolute atomic E-state index is 0.0698. The van der Waals surface area contributed by atoms with Gasteiger partial charge < -0.3 is 16.2 Å². The highest BCUT2D eigenvalue weighted by molar-refractivity contribution is 9.10. The largest absolute Gasteiger partial charge is 0.438 e. The normalized spacial score (nSPS) is 14.6. The Bertz CT molecular complexity index is 1340. The molecule has 4 N–H and O–H groups in total. The minimum atomic E-state index is -0.240. The quantitative estimate of drug-likeness (QED) is 0.366. The molecular formula is C23H15BrN4O. The van der Waals surface area contributed by atoms with E-state index in [1.54, 1.807) is 0 Å². The van der Waals surface area contributed by atoms with E-state index in [1.165, 1.54) is 0 Å². The third-order valence-corrected chi connectivity index (χ3v) is 5.76. The summed E-state index contributed by atoms with van der Waals surface area (Å²) in [6.45, 7) is 0. The number of nitrogens with zero attached hydrogens (tertiary/aromatic N) is 2. The second kappa shape index (κ2) is 6.50. The van der Waals surface area contributed by atoms with Gasteiger partial charge in [0.25, 0.3) is 0 Å². The highest BCUT2D eigenvalue weighted by Gasteiger charge is 2.34. The first-order valence-corrected chi connectivity index (χ1v) is 9.81. The predicted molar refractivity (Wildman–Crippen MR) is 117 cm³/mol. The van der Waals surface area contributed by atoms with Crippen LogP contribution in [0, 0.1) is 11.3 Å². The Balaban J connectivity index is 1.88. The Hall–Kier alpha value is -3.56. The van der Waals surface area contributed by atoms with Crippen LogP contribution in [-0.2, 0) is 0 Å². The van der Waals surface area contributed by atoms with Crippen molar-refractivity contribution in [2.45, 2.75) is 5.92 Å². The van der Waals surface area contributed by atoms with Gasteiger partial charge >= 0.3 is 0 Å². The van der Waals surface area contributed by atoms with Gasteiger partial charge in [-0.15, -0.1) is 0 Å². The number of hydrogen-bond acceptors (Lipinski definition) is 5. The third-order valence-electron chi connectivity index (χ3n) is 5.27. The molecule has 0 radical (unpaired) electrons. The highest BCUT2D eigenvalue weighted by atomic mass is 79.9. The van der Waals surface area contributed by atoms with E-state index in [4.69, 9.17) is 16.2 Å². The van der Waals surface area contributed by atoms with E-state index in [1.807, 2.05) is 54.6 Å². The summed E-state index contributed by atoms with van der Waals surface area (Å²) in [5.74, 6) is 0.904. The van der Waals surface area contributed by atoms with Crippen LogP contribution in [0.4, 0.5) is 11.5 Å². The minimum Gasteiger partial charge on any atom is -0.438 e. The predicted octanol–water partition coefficient (Wildman–Crippen LogP) is 5.32. The van der Waals surface area contributed by atoms with Crippen molar-refractivity contribution in [3.8, 4) is 17.7 Å². The van der Waals surface area contributed by atoms with Crippen LogP contribution in [0.2, 0.25) is 0 Å². The van der Waals surface area contributed by atoms with Crippen LogP contribution in [0.1, 0.15) is 28.2 Å². The van der Waals surface area contributed by atoms with Crippen molar-refractivity contribution in [2.24, 2.45) is 0 Å². The van der Waals surface area contributed by atoms with Crippen LogP contribution < -0.4 is 16.2 Å². The van der Waals surface area contributed by atoms with E-state index in [-0.39, 0.29) is 17.3 Å². The molecule has 1 atom stereocenters. The lowest BCUT2D eigenvalue weighted by Gasteiger charge is -2.30. The maximum absolute atomic E-state index is 9.54. The van der Waals surface area contributed by atoms with Gasteiger partial charge in [0.2, 0.25) is 5.88 Å². The molecule has 5 rings (SSSR count). The average molecular weight is 443 g/mol. The number of benzene rings is 3. The molecule has 3 aromatic carbocycles. The molecule has 0 saturated heterocycles. The summed E-state index contributed by atoms with van der Waals surface area (Å²) in [5.41, 5.74) is 15.5. The zero-order valence-corrected chi connectivity index (χ0v) is 16.8. The van der Waals surface area contributed by atoms with Crippen molar-refractivity contribution >= 4 is 38.2 Å². The number of fused-ring (bicyclic) bond motifs is 4. The van der Waals surface area contributed by atoms with Crippen LogP contribution in [0.5, 0.6) is 11.6 Å². The number of rotatable bonds is 1. The standard InChI is InChI=1S/C23H15BrN4O/c24-14-6-3-5-13(10-14)18-16-9-8-12-4-1-2-7-15(12)21(16)29-23-19(18)20(26)17(11-25)22(27)28-23/h1-10,18H,(H4,26,27,28). The lowest BCUT2D eigenvalue weighted by atomic mass is 9.81. The molecule has 1 aliphatic heterocycles. The van der Waals surface area contributed by atoms with Gasteiger partial charge in [-0.3, -0.25) is 0 Å².